The third-order valence-electron chi connectivity index (χ3n) is 1.88. The van der Waals surface area contributed by atoms with Crippen LogP contribution < -0.4 is 0 Å². The first-order chi connectivity index (χ1) is 4.72. The van der Waals surface area contributed by atoms with E-state index in [1.165, 1.54) is 0 Å². The third-order valence-corrected chi connectivity index (χ3v) is 1.88. The first-order valence-electron chi connectivity index (χ1n) is 3.77. The Bertz CT molecular complexity index is 140. The molecule has 1 aliphatic heterocycles. The maximum Gasteiger partial charge on any atom is 0.0657 e. The molecule has 0 bridgehead atoms. The van der Waals surface area contributed by atoms with Crippen LogP contribution in [0, 0.1) is 17.2 Å². The molecule has 1 aliphatic rings. The van der Waals surface area contributed by atoms with Gasteiger partial charge in [0.25, 0.3) is 0 Å². The molecule has 10 heavy (non-hydrogen) atoms. The van der Waals surface area contributed by atoms with Crippen molar-refractivity contribution in [2.75, 3.05) is 0 Å². The summed E-state index contributed by atoms with van der Waals surface area (Å²) in [6.07, 6.45) is 2.35. The number of hydrogen-bond acceptors (Lipinski definition) is 2. The fraction of sp³-hybridized carbons (Fsp3) is 0.875. The van der Waals surface area contributed by atoms with Gasteiger partial charge in [-0.1, -0.05) is 0 Å². The Labute approximate surface area is 61.8 Å². The fourth-order valence-corrected chi connectivity index (χ4v) is 1.51. The zero-order valence-electron chi connectivity index (χ0n) is 6.50. The summed E-state index contributed by atoms with van der Waals surface area (Å²) in [5, 5.41) is 8.62. The van der Waals surface area contributed by atoms with Gasteiger partial charge in [-0.05, 0) is 26.7 Å². The van der Waals surface area contributed by atoms with Crippen molar-refractivity contribution in [3.63, 3.8) is 0 Å². The van der Waals surface area contributed by atoms with E-state index in [1.54, 1.807) is 0 Å². The van der Waals surface area contributed by atoms with Crippen molar-refractivity contribution in [2.24, 2.45) is 5.92 Å². The van der Waals surface area contributed by atoms with Gasteiger partial charge in [-0.2, -0.15) is 5.26 Å². The Morgan fingerprint density at radius 1 is 1.30 bits per heavy atom. The van der Waals surface area contributed by atoms with Crippen molar-refractivity contribution in [1.82, 2.24) is 0 Å². The molecular weight excluding hydrogens is 126 g/mol. The number of nitrogens with zero attached hydrogens (tertiary/aromatic N) is 1. The van der Waals surface area contributed by atoms with Gasteiger partial charge in [0.2, 0.25) is 0 Å². The molecule has 0 spiro atoms. The monoisotopic (exact) mass is 139 g/mol. The van der Waals surface area contributed by atoms with E-state index in [-0.39, 0.29) is 18.1 Å². The largest absolute Gasteiger partial charge is 0.375 e. The minimum atomic E-state index is 0.221. The zero-order valence-corrected chi connectivity index (χ0v) is 6.50. The van der Waals surface area contributed by atoms with Gasteiger partial charge in [0.1, 0.15) is 0 Å². The Morgan fingerprint density at radius 3 is 2.20 bits per heavy atom. The summed E-state index contributed by atoms with van der Waals surface area (Å²) in [6, 6.07) is 2.28. The second kappa shape index (κ2) is 3.03. The lowest BCUT2D eigenvalue weighted by Gasteiger charge is -2.28. The van der Waals surface area contributed by atoms with Crippen LogP contribution in [0.25, 0.3) is 0 Å². The highest BCUT2D eigenvalue weighted by molar-refractivity contribution is 4.88. The normalized spacial score (nSPS) is 40.7. The molecule has 0 saturated carbocycles. The summed E-state index contributed by atoms with van der Waals surface area (Å²) in [6.45, 7) is 4.06. The molecule has 1 rings (SSSR count). The Balaban J connectivity index is 2.44. The first-order valence-corrected chi connectivity index (χ1v) is 3.77. The minimum absolute atomic E-state index is 0.221. The molecule has 0 aromatic carbocycles. The highest BCUT2D eigenvalue weighted by Gasteiger charge is 2.23. The van der Waals surface area contributed by atoms with Crippen molar-refractivity contribution >= 4 is 0 Å². The molecule has 2 nitrogen and oxygen atoms in total. The van der Waals surface area contributed by atoms with E-state index in [2.05, 4.69) is 6.07 Å². The number of rotatable bonds is 0. The van der Waals surface area contributed by atoms with Crippen molar-refractivity contribution in [3.05, 3.63) is 0 Å². The maximum absolute atomic E-state index is 8.62. The van der Waals surface area contributed by atoms with Crippen LogP contribution in [0.1, 0.15) is 26.7 Å². The van der Waals surface area contributed by atoms with Gasteiger partial charge in [-0.25, -0.2) is 0 Å². The molecule has 1 saturated heterocycles. The summed E-state index contributed by atoms with van der Waals surface area (Å²) in [4.78, 5) is 0. The standard InChI is InChI=1S/C8H13NO/c1-6-3-8(5-9)4-7(2)10-6/h6-8H,3-4H2,1-2H3/t6-,7+,8?. The van der Waals surface area contributed by atoms with Gasteiger partial charge in [0.05, 0.1) is 24.2 Å². The Morgan fingerprint density at radius 2 is 1.80 bits per heavy atom. The molecule has 0 N–H and O–H groups in total. The lowest BCUT2D eigenvalue weighted by molar-refractivity contribution is -0.0422. The average molecular weight is 139 g/mol. The third kappa shape index (κ3) is 1.71. The smallest absolute Gasteiger partial charge is 0.0657 e. The molecule has 1 heterocycles. The van der Waals surface area contributed by atoms with Crippen molar-refractivity contribution < 1.29 is 4.74 Å². The lowest BCUT2D eigenvalue weighted by Crippen LogP contribution is -2.28. The van der Waals surface area contributed by atoms with Gasteiger partial charge in [-0.15, -0.1) is 0 Å². The quantitative estimate of drug-likeness (QED) is 0.512. The summed E-state index contributed by atoms with van der Waals surface area (Å²) in [5.74, 6) is 0.221. The SMILES string of the molecule is C[C@@H]1CC(C#N)C[C@H](C)O1. The molecule has 1 unspecified atom stereocenters. The second-order valence-corrected chi connectivity index (χ2v) is 3.05. The van der Waals surface area contributed by atoms with Crippen molar-refractivity contribution in [1.29, 1.82) is 5.26 Å². The van der Waals surface area contributed by atoms with Gasteiger partial charge in [-0.3, -0.25) is 0 Å². The van der Waals surface area contributed by atoms with E-state index in [1.807, 2.05) is 13.8 Å². The van der Waals surface area contributed by atoms with Crippen LogP contribution in [0.3, 0.4) is 0 Å². The maximum atomic E-state index is 8.62. The van der Waals surface area contributed by atoms with Crippen LogP contribution >= 0.6 is 0 Å². The molecule has 0 aromatic rings. The van der Waals surface area contributed by atoms with Crippen LogP contribution in [-0.4, -0.2) is 12.2 Å². The number of hydrogen-bond donors (Lipinski definition) is 0. The molecule has 0 radical (unpaired) electrons. The Kier molecular flexibility index (Phi) is 2.29. The van der Waals surface area contributed by atoms with E-state index in [9.17, 15) is 0 Å². The molecule has 0 aromatic heterocycles. The highest BCUT2D eigenvalue weighted by atomic mass is 16.5. The van der Waals surface area contributed by atoms with E-state index in [4.69, 9.17) is 10.00 Å². The minimum Gasteiger partial charge on any atom is -0.375 e. The van der Waals surface area contributed by atoms with Gasteiger partial charge in [0.15, 0.2) is 0 Å². The Hall–Kier alpha value is -0.550. The van der Waals surface area contributed by atoms with Gasteiger partial charge >= 0.3 is 0 Å². The lowest BCUT2D eigenvalue weighted by atomic mass is 9.94. The summed E-state index contributed by atoms with van der Waals surface area (Å²) < 4.78 is 5.47. The number of ether oxygens (including phenoxy) is 1. The van der Waals surface area contributed by atoms with Gasteiger partial charge in [0, 0.05) is 0 Å². The van der Waals surface area contributed by atoms with Crippen molar-refractivity contribution in [2.45, 2.75) is 38.9 Å². The fourth-order valence-electron chi connectivity index (χ4n) is 1.51. The van der Waals surface area contributed by atoms with Crippen LogP contribution in [0.2, 0.25) is 0 Å². The van der Waals surface area contributed by atoms with E-state index >= 15 is 0 Å². The summed E-state index contributed by atoms with van der Waals surface area (Å²) in [5.41, 5.74) is 0. The highest BCUT2D eigenvalue weighted by Crippen LogP contribution is 2.23. The predicted octanol–water partition coefficient (Wildman–Crippen LogP) is 1.71. The second-order valence-electron chi connectivity index (χ2n) is 3.05. The molecule has 3 atom stereocenters. The first kappa shape index (κ1) is 7.56. The molecular formula is C8H13NO. The predicted molar refractivity (Wildman–Crippen MR) is 38.3 cm³/mol. The van der Waals surface area contributed by atoms with Crippen LogP contribution in [-0.2, 0) is 4.74 Å². The molecule has 1 fully saturated rings. The van der Waals surface area contributed by atoms with Crippen LogP contribution in [0.15, 0.2) is 0 Å². The van der Waals surface area contributed by atoms with Crippen LogP contribution in [0.4, 0.5) is 0 Å². The van der Waals surface area contributed by atoms with Crippen molar-refractivity contribution in [3.8, 4) is 6.07 Å². The van der Waals surface area contributed by atoms with E-state index in [0.29, 0.717) is 0 Å². The number of nitriles is 1. The van der Waals surface area contributed by atoms with Crippen LogP contribution in [0.5, 0.6) is 0 Å². The molecule has 0 aliphatic carbocycles. The molecule has 56 valence electrons. The van der Waals surface area contributed by atoms with Gasteiger partial charge < -0.3 is 4.74 Å². The molecule has 0 amide bonds. The molecule has 2 heteroatoms. The van der Waals surface area contributed by atoms with E-state index in [0.717, 1.165) is 12.8 Å². The average Bonchev–Trinajstić information content (AvgIpc) is 1.85. The summed E-state index contributed by atoms with van der Waals surface area (Å²) in [7, 11) is 0. The summed E-state index contributed by atoms with van der Waals surface area (Å²) >= 11 is 0. The topological polar surface area (TPSA) is 33.0 Å². The van der Waals surface area contributed by atoms with E-state index < -0.39 is 0 Å². The zero-order chi connectivity index (χ0) is 7.56.